The number of hydrogen-bond donors (Lipinski definition) is 0. The van der Waals surface area contributed by atoms with E-state index in [1.54, 1.807) is 19.4 Å². The lowest BCUT2D eigenvalue weighted by atomic mass is 10.2. The molecule has 26 heavy (non-hydrogen) atoms. The maximum absolute atomic E-state index is 12.4. The predicted octanol–water partition coefficient (Wildman–Crippen LogP) is 2.61. The van der Waals surface area contributed by atoms with Crippen LogP contribution in [-0.2, 0) is 21.1 Å². The molecule has 140 valence electrons. The van der Waals surface area contributed by atoms with Crippen LogP contribution in [0.5, 0.6) is 5.75 Å². The van der Waals surface area contributed by atoms with Gasteiger partial charge in [0.05, 0.1) is 22.8 Å². The summed E-state index contributed by atoms with van der Waals surface area (Å²) in [6.07, 6.45) is 4.00. The van der Waals surface area contributed by atoms with E-state index in [1.165, 1.54) is 30.2 Å². The Kier molecular flexibility index (Phi) is 6.99. The van der Waals surface area contributed by atoms with Gasteiger partial charge in [0.15, 0.2) is 9.84 Å². The minimum absolute atomic E-state index is 0.0792. The first-order valence-electron chi connectivity index (χ1n) is 8.02. The summed E-state index contributed by atoms with van der Waals surface area (Å²) in [6, 6.07) is 8.04. The Bertz CT molecular complexity index is 857. The molecular weight excluding hydrogens is 376 g/mol. The molecular formula is C18H21ClN2O4S. The third kappa shape index (κ3) is 5.44. The van der Waals surface area contributed by atoms with Crippen molar-refractivity contribution in [2.24, 2.45) is 0 Å². The normalized spacial score (nSPS) is 11.2. The number of aromatic nitrogens is 1. The maximum atomic E-state index is 12.4. The Morgan fingerprint density at radius 3 is 2.54 bits per heavy atom. The van der Waals surface area contributed by atoms with E-state index in [-0.39, 0.29) is 28.0 Å². The van der Waals surface area contributed by atoms with Gasteiger partial charge in [-0.2, -0.15) is 0 Å². The fraction of sp³-hybridized carbons (Fsp3) is 0.333. The first kappa shape index (κ1) is 20.2. The van der Waals surface area contributed by atoms with E-state index in [0.717, 1.165) is 5.56 Å². The molecule has 2 rings (SSSR count). The fourth-order valence-electron chi connectivity index (χ4n) is 2.34. The van der Waals surface area contributed by atoms with E-state index in [4.69, 9.17) is 16.3 Å². The Labute approximate surface area is 158 Å². The van der Waals surface area contributed by atoms with Gasteiger partial charge in [-0.3, -0.25) is 9.78 Å². The molecule has 0 aliphatic rings. The zero-order valence-electron chi connectivity index (χ0n) is 14.7. The van der Waals surface area contributed by atoms with Crippen molar-refractivity contribution >= 4 is 27.3 Å². The number of carbonyl (C=O) groups is 1. The maximum Gasteiger partial charge on any atom is 0.223 e. The third-order valence-corrected chi connectivity index (χ3v) is 5.99. The number of hydrogen-bond acceptors (Lipinski definition) is 5. The van der Waals surface area contributed by atoms with Gasteiger partial charge < -0.3 is 9.64 Å². The van der Waals surface area contributed by atoms with E-state index < -0.39 is 9.84 Å². The minimum Gasteiger partial charge on any atom is -0.495 e. The molecule has 0 saturated carbocycles. The minimum atomic E-state index is -3.60. The molecule has 0 N–H and O–H groups in total. The van der Waals surface area contributed by atoms with Crippen molar-refractivity contribution in [2.45, 2.75) is 17.7 Å². The van der Waals surface area contributed by atoms with E-state index >= 15 is 0 Å². The van der Waals surface area contributed by atoms with Crippen molar-refractivity contribution < 1.29 is 17.9 Å². The summed E-state index contributed by atoms with van der Waals surface area (Å²) in [4.78, 5) is 17.8. The molecule has 0 aliphatic carbocycles. The van der Waals surface area contributed by atoms with Gasteiger partial charge in [0.25, 0.3) is 0 Å². The highest BCUT2D eigenvalue weighted by atomic mass is 35.5. The Balaban J connectivity index is 1.91. The summed E-state index contributed by atoms with van der Waals surface area (Å²) in [6.45, 7) is 0.511. The lowest BCUT2D eigenvalue weighted by Crippen LogP contribution is -2.30. The molecule has 0 bridgehead atoms. The van der Waals surface area contributed by atoms with Gasteiger partial charge in [-0.05, 0) is 42.3 Å². The summed E-state index contributed by atoms with van der Waals surface area (Å²) in [7, 11) is -0.478. The summed E-state index contributed by atoms with van der Waals surface area (Å²) in [5.74, 6) is -0.0894. The zero-order chi connectivity index (χ0) is 19.2. The average Bonchev–Trinajstić information content (AvgIpc) is 2.65. The summed E-state index contributed by atoms with van der Waals surface area (Å²) in [5.41, 5.74) is 1.07. The van der Waals surface area contributed by atoms with Gasteiger partial charge in [0.2, 0.25) is 5.91 Å². The second-order valence-electron chi connectivity index (χ2n) is 5.79. The van der Waals surface area contributed by atoms with Crippen LogP contribution in [0.25, 0.3) is 0 Å². The Morgan fingerprint density at radius 2 is 1.92 bits per heavy atom. The molecule has 8 heteroatoms. The van der Waals surface area contributed by atoms with Crippen LogP contribution in [0.4, 0.5) is 0 Å². The number of halogens is 1. The molecule has 0 fully saturated rings. The van der Waals surface area contributed by atoms with Crippen LogP contribution >= 0.6 is 11.6 Å². The lowest BCUT2D eigenvalue weighted by Gasteiger charge is -2.17. The van der Waals surface area contributed by atoms with Crippen LogP contribution in [0, 0.1) is 0 Å². The van der Waals surface area contributed by atoms with Crippen molar-refractivity contribution in [1.29, 1.82) is 0 Å². The van der Waals surface area contributed by atoms with Gasteiger partial charge in [-0.25, -0.2) is 8.42 Å². The van der Waals surface area contributed by atoms with Crippen molar-refractivity contribution in [2.75, 3.05) is 26.5 Å². The Morgan fingerprint density at radius 1 is 1.23 bits per heavy atom. The third-order valence-electron chi connectivity index (χ3n) is 3.98. The zero-order valence-corrected chi connectivity index (χ0v) is 16.3. The van der Waals surface area contributed by atoms with Crippen LogP contribution < -0.4 is 4.74 Å². The van der Waals surface area contributed by atoms with E-state index in [2.05, 4.69) is 4.98 Å². The first-order chi connectivity index (χ1) is 12.3. The first-order valence-corrected chi connectivity index (χ1v) is 10.1. The average molecular weight is 397 g/mol. The van der Waals surface area contributed by atoms with Crippen molar-refractivity contribution in [3.05, 3.63) is 53.3 Å². The summed E-state index contributed by atoms with van der Waals surface area (Å²) in [5, 5.41) is 0.217. The summed E-state index contributed by atoms with van der Waals surface area (Å²) < 4.78 is 29.8. The predicted molar refractivity (Wildman–Crippen MR) is 100 cm³/mol. The molecule has 6 nitrogen and oxygen atoms in total. The highest BCUT2D eigenvalue weighted by molar-refractivity contribution is 7.91. The van der Waals surface area contributed by atoms with Crippen LogP contribution in [-0.4, -0.2) is 50.7 Å². The number of methoxy groups -OCH3 is 1. The molecule has 1 aromatic carbocycles. The van der Waals surface area contributed by atoms with Gasteiger partial charge >= 0.3 is 0 Å². The smallest absolute Gasteiger partial charge is 0.223 e. The number of carbonyl (C=O) groups excluding carboxylic acids is 1. The standard InChI is InChI=1S/C18H21ClN2O4S/c1-21(11-7-14-5-9-20-10-6-14)18(22)8-12-26(23,24)15-3-4-17(25-2)16(19)13-15/h3-6,9-10,13H,7-8,11-12H2,1-2H3. The van der Waals surface area contributed by atoms with Crippen LogP contribution in [0.1, 0.15) is 12.0 Å². The second kappa shape index (κ2) is 9.00. The molecule has 1 amide bonds. The number of ether oxygens (including phenoxy) is 1. The second-order valence-corrected chi connectivity index (χ2v) is 8.30. The van der Waals surface area contributed by atoms with Crippen LogP contribution in [0.15, 0.2) is 47.6 Å². The van der Waals surface area contributed by atoms with Gasteiger partial charge in [0, 0.05) is 32.4 Å². The molecule has 1 aromatic heterocycles. The largest absolute Gasteiger partial charge is 0.495 e. The molecule has 0 spiro atoms. The number of rotatable bonds is 8. The quantitative estimate of drug-likeness (QED) is 0.685. The number of pyridine rings is 1. The number of likely N-dealkylation sites (N-methyl/N-ethyl adjacent to an activating group) is 1. The van der Waals surface area contributed by atoms with E-state index in [1.807, 2.05) is 12.1 Å². The monoisotopic (exact) mass is 396 g/mol. The summed E-state index contributed by atoms with van der Waals surface area (Å²) >= 11 is 5.98. The molecule has 0 saturated heterocycles. The van der Waals surface area contributed by atoms with Crippen molar-refractivity contribution in [1.82, 2.24) is 9.88 Å². The highest BCUT2D eigenvalue weighted by Gasteiger charge is 2.19. The number of amides is 1. The highest BCUT2D eigenvalue weighted by Crippen LogP contribution is 2.27. The van der Waals surface area contributed by atoms with Gasteiger partial charge in [0.1, 0.15) is 5.75 Å². The lowest BCUT2D eigenvalue weighted by molar-refractivity contribution is -0.129. The number of benzene rings is 1. The molecule has 0 atom stereocenters. The van der Waals surface area contributed by atoms with Gasteiger partial charge in [-0.1, -0.05) is 11.6 Å². The van der Waals surface area contributed by atoms with Crippen LogP contribution in [0.2, 0.25) is 5.02 Å². The van der Waals surface area contributed by atoms with Gasteiger partial charge in [-0.15, -0.1) is 0 Å². The van der Waals surface area contributed by atoms with Crippen molar-refractivity contribution in [3.8, 4) is 5.75 Å². The molecule has 0 radical (unpaired) electrons. The molecule has 1 heterocycles. The Hall–Kier alpha value is -2.12. The molecule has 2 aromatic rings. The van der Waals surface area contributed by atoms with Crippen molar-refractivity contribution in [3.63, 3.8) is 0 Å². The van der Waals surface area contributed by atoms with Crippen LogP contribution in [0.3, 0.4) is 0 Å². The fourth-order valence-corrected chi connectivity index (χ4v) is 3.92. The molecule has 0 aliphatic heterocycles. The SMILES string of the molecule is COc1ccc(S(=O)(=O)CCC(=O)N(C)CCc2ccncc2)cc1Cl. The molecule has 0 unspecified atom stereocenters. The van der Waals surface area contributed by atoms with E-state index in [0.29, 0.717) is 18.7 Å². The number of sulfone groups is 1. The topological polar surface area (TPSA) is 76.6 Å². The number of nitrogens with zero attached hydrogens (tertiary/aromatic N) is 2. The van der Waals surface area contributed by atoms with E-state index in [9.17, 15) is 13.2 Å².